The predicted octanol–water partition coefficient (Wildman–Crippen LogP) is 1.01. The molecule has 1 aromatic rings. The van der Waals surface area contributed by atoms with Crippen LogP contribution in [0.25, 0.3) is 0 Å². The number of ether oxygens (including phenoxy) is 1. The molecule has 0 aliphatic carbocycles. The Morgan fingerprint density at radius 1 is 1.28 bits per heavy atom. The number of halogens is 1. The molecule has 0 bridgehead atoms. The highest BCUT2D eigenvalue weighted by Crippen LogP contribution is 2.26. The first-order valence-corrected chi connectivity index (χ1v) is 12.2. The van der Waals surface area contributed by atoms with E-state index in [1.54, 1.807) is 28.8 Å². The molecule has 1 N–H and O–H groups in total. The van der Waals surface area contributed by atoms with Gasteiger partial charge in [-0.15, -0.1) is 11.8 Å². The molecule has 156 valence electrons. The highest BCUT2D eigenvalue weighted by atomic mass is 127. The van der Waals surface area contributed by atoms with Gasteiger partial charge in [-0.25, -0.2) is 0 Å². The Labute approximate surface area is 183 Å². The zero-order valence-electron chi connectivity index (χ0n) is 16.3. The minimum atomic E-state index is -1.25. The van der Waals surface area contributed by atoms with Crippen LogP contribution in [0.1, 0.15) is 0 Å². The van der Waals surface area contributed by atoms with Crippen molar-refractivity contribution >= 4 is 51.7 Å². The molecule has 1 fully saturated rings. The summed E-state index contributed by atoms with van der Waals surface area (Å²) < 4.78 is 5.28. The molecule has 1 saturated heterocycles. The number of hydrazine groups is 1. The van der Waals surface area contributed by atoms with E-state index in [4.69, 9.17) is 4.74 Å². The molecule has 0 aromatic heterocycles. The van der Waals surface area contributed by atoms with Crippen molar-refractivity contribution in [3.8, 4) is 0 Å². The molecule has 2 heterocycles. The molecule has 8 nitrogen and oxygen atoms in total. The topological polar surface area (TPSA) is 82.2 Å². The molecule has 0 atom stereocenters. The van der Waals surface area contributed by atoms with Gasteiger partial charge in [0.1, 0.15) is 5.57 Å². The summed E-state index contributed by atoms with van der Waals surface area (Å²) in [6.07, 6.45) is 1.49. The van der Waals surface area contributed by atoms with Crippen molar-refractivity contribution in [2.24, 2.45) is 0 Å². The first kappa shape index (κ1) is 21.9. The zero-order valence-corrected chi connectivity index (χ0v) is 19.2. The van der Waals surface area contributed by atoms with Crippen LogP contribution in [-0.2, 0) is 19.1 Å². The number of carbonyl (C=O) groups excluding carboxylic acids is 3. The van der Waals surface area contributed by atoms with Gasteiger partial charge >= 0.3 is 0 Å². The third-order valence-electron chi connectivity index (χ3n) is 4.26. The number of amides is 2. The molecule has 2 aliphatic rings. The number of methoxy groups -OCH3 is 1. The fourth-order valence-electron chi connectivity index (χ4n) is 2.77. The lowest BCUT2D eigenvalue weighted by Gasteiger charge is -2.42. The van der Waals surface area contributed by atoms with Gasteiger partial charge in [-0.1, -0.05) is 18.2 Å². The van der Waals surface area contributed by atoms with Crippen LogP contribution in [0.5, 0.6) is 0 Å². The number of benzene rings is 1. The fraction of sp³-hybridized carbons (Fsp3) is 0.368. The maximum absolute atomic E-state index is 12.7. The third kappa shape index (κ3) is 5.44. The van der Waals surface area contributed by atoms with E-state index in [-0.39, 0.29) is 21.2 Å². The van der Waals surface area contributed by atoms with Crippen LogP contribution >= 0.6 is 32.5 Å². The van der Waals surface area contributed by atoms with Crippen molar-refractivity contribution in [1.82, 2.24) is 20.2 Å². The van der Waals surface area contributed by atoms with Crippen molar-refractivity contribution in [1.29, 1.82) is 0 Å². The van der Waals surface area contributed by atoms with Crippen LogP contribution in [-0.4, -0.2) is 80.4 Å². The first-order chi connectivity index (χ1) is 14.0. The molecule has 29 heavy (non-hydrogen) atoms. The monoisotopic (exact) mass is 530 g/mol. The van der Waals surface area contributed by atoms with Gasteiger partial charge in [0, 0.05) is 44.1 Å². The number of hydrogen-bond donors (Lipinski definition) is 1. The van der Waals surface area contributed by atoms with Gasteiger partial charge in [0.05, 0.1) is 13.3 Å². The Morgan fingerprint density at radius 2 is 2.03 bits per heavy atom. The number of fused-ring (bicyclic) bond motifs is 1. The number of hydrogen-bond acceptors (Lipinski definition) is 7. The van der Waals surface area contributed by atoms with E-state index < -0.39 is 20.7 Å². The van der Waals surface area contributed by atoms with Gasteiger partial charge < -0.3 is 15.0 Å². The van der Waals surface area contributed by atoms with E-state index in [1.165, 1.54) is 6.20 Å². The molecule has 2 aliphatic heterocycles. The quantitative estimate of drug-likeness (QED) is 0.177. The number of thioether (sulfide) groups is 1. The van der Waals surface area contributed by atoms with Crippen LogP contribution in [0, 0.1) is 0 Å². The molecule has 2 amide bonds. The van der Waals surface area contributed by atoms with E-state index in [0.29, 0.717) is 35.8 Å². The van der Waals surface area contributed by atoms with Crippen LogP contribution in [0.15, 0.2) is 47.0 Å². The lowest BCUT2D eigenvalue weighted by Crippen LogP contribution is -2.60. The van der Waals surface area contributed by atoms with Gasteiger partial charge in [-0.2, -0.15) is 5.01 Å². The van der Waals surface area contributed by atoms with Crippen molar-refractivity contribution in [3.05, 3.63) is 42.1 Å². The van der Waals surface area contributed by atoms with E-state index in [1.807, 2.05) is 42.4 Å². The summed E-state index contributed by atoms with van der Waals surface area (Å²) in [7, 11) is 3.41. The van der Waals surface area contributed by atoms with Gasteiger partial charge in [0.2, 0.25) is 3.79 Å². The average molecular weight is 530 g/mol. The molecule has 0 saturated carbocycles. The second kappa shape index (κ2) is 10.3. The molecule has 10 heteroatoms. The van der Waals surface area contributed by atoms with Crippen LogP contribution in [0.3, 0.4) is 0 Å². The van der Waals surface area contributed by atoms with E-state index >= 15 is 0 Å². The van der Waals surface area contributed by atoms with Gasteiger partial charge in [0.15, 0.2) is 3.63 Å². The standard InChI is InChI=1S/C19H23IN4O4S/c1-22-13-23(9-10-28-2)19(27)16-20-17(25)15(12-24(16)22)18(26)21-8-11-29-14-6-4-3-5-7-14/h3-7,12H,8-11,13H2,1-2H3,(H,21,26). The van der Waals surface area contributed by atoms with E-state index in [9.17, 15) is 14.4 Å². The summed E-state index contributed by atoms with van der Waals surface area (Å²) in [6.45, 7) is 1.73. The Kier molecular flexibility index (Phi) is 7.81. The summed E-state index contributed by atoms with van der Waals surface area (Å²) in [5, 5.41) is 6.30. The lowest BCUT2D eigenvalue weighted by atomic mass is 10.3. The van der Waals surface area contributed by atoms with Crippen LogP contribution in [0.4, 0.5) is 0 Å². The molecular formula is C19H23IN4O4S. The van der Waals surface area contributed by atoms with Crippen molar-refractivity contribution in [3.63, 3.8) is 0 Å². The number of rotatable bonds is 8. The fourth-order valence-corrected chi connectivity index (χ4v) is 6.02. The highest BCUT2D eigenvalue weighted by molar-refractivity contribution is 14.2. The largest absolute Gasteiger partial charge is 0.383 e. The SMILES string of the molecule is COCCN1CN(C)N2C=C(C(=O)NCCSc3ccccc3)C(=O)I=C2C1=O. The number of carbonyl (C=O) groups is 3. The second-order valence-corrected chi connectivity index (χ2v) is 10.0. The third-order valence-corrected chi connectivity index (χ3v) is 7.81. The highest BCUT2D eigenvalue weighted by Gasteiger charge is 2.37. The maximum Gasteiger partial charge on any atom is 0.279 e. The average Bonchev–Trinajstić information content (AvgIpc) is 2.73. The summed E-state index contributed by atoms with van der Waals surface area (Å²) in [4.78, 5) is 40.6. The van der Waals surface area contributed by atoms with Gasteiger partial charge in [0.25, 0.3) is 11.8 Å². The van der Waals surface area contributed by atoms with Gasteiger partial charge in [-0.3, -0.25) is 19.4 Å². The lowest BCUT2D eigenvalue weighted by molar-refractivity contribution is -0.134. The molecule has 0 radical (unpaired) electrons. The Balaban J connectivity index is 1.59. The normalized spacial score (nSPS) is 17.3. The first-order valence-electron chi connectivity index (χ1n) is 9.03. The Morgan fingerprint density at radius 3 is 2.76 bits per heavy atom. The minimum Gasteiger partial charge on any atom is -0.383 e. The number of nitrogens with zero attached hydrogens (tertiary/aromatic N) is 3. The molecule has 3 rings (SSSR count). The van der Waals surface area contributed by atoms with E-state index in [2.05, 4.69) is 5.32 Å². The van der Waals surface area contributed by atoms with Crippen molar-refractivity contribution in [2.45, 2.75) is 4.90 Å². The molecular weight excluding hydrogens is 507 g/mol. The summed E-state index contributed by atoms with van der Waals surface area (Å²) >= 11 is 0.386. The Bertz CT molecular complexity index is 846. The van der Waals surface area contributed by atoms with Crippen molar-refractivity contribution < 1.29 is 19.1 Å². The summed E-state index contributed by atoms with van der Waals surface area (Å²) in [6, 6.07) is 9.93. The second-order valence-electron chi connectivity index (χ2n) is 6.32. The summed E-state index contributed by atoms with van der Waals surface area (Å²) in [5.74, 6) is 0.168. The molecule has 1 aromatic carbocycles. The maximum atomic E-state index is 12.7. The minimum absolute atomic E-state index is 0.122. The predicted molar refractivity (Wildman–Crippen MR) is 120 cm³/mol. The van der Waals surface area contributed by atoms with Gasteiger partial charge in [-0.05, 0) is 32.9 Å². The molecule has 0 spiro atoms. The number of nitrogens with one attached hydrogen (secondary N) is 1. The smallest absolute Gasteiger partial charge is 0.279 e. The zero-order chi connectivity index (χ0) is 20.8. The van der Waals surface area contributed by atoms with Crippen molar-refractivity contribution in [2.75, 3.05) is 46.3 Å². The molecule has 0 unspecified atom stereocenters. The van der Waals surface area contributed by atoms with E-state index in [0.717, 1.165) is 4.90 Å². The van der Waals surface area contributed by atoms with Crippen LogP contribution in [0.2, 0.25) is 0 Å². The van der Waals surface area contributed by atoms with Crippen LogP contribution < -0.4 is 5.32 Å². The summed E-state index contributed by atoms with van der Waals surface area (Å²) in [5.41, 5.74) is 0.122. The Hall–Kier alpha value is -1.76.